The molecule has 2 amide bonds. The zero-order valence-electron chi connectivity index (χ0n) is 16.1. The van der Waals surface area contributed by atoms with Gasteiger partial charge in [-0.2, -0.15) is 0 Å². The Morgan fingerprint density at radius 1 is 1.00 bits per heavy atom. The van der Waals surface area contributed by atoms with Crippen LogP contribution in [0, 0.1) is 0 Å². The van der Waals surface area contributed by atoms with Gasteiger partial charge in [-0.1, -0.05) is 6.07 Å². The van der Waals surface area contributed by atoms with E-state index in [4.69, 9.17) is 18.9 Å². The van der Waals surface area contributed by atoms with Crippen molar-refractivity contribution in [2.45, 2.75) is 20.0 Å². The molecule has 0 aliphatic carbocycles. The van der Waals surface area contributed by atoms with Crippen molar-refractivity contribution < 1.29 is 23.7 Å². The summed E-state index contributed by atoms with van der Waals surface area (Å²) in [6.07, 6.45) is 0.107. The lowest BCUT2D eigenvalue weighted by Crippen LogP contribution is -2.32. The second-order valence-electron chi connectivity index (χ2n) is 5.91. The molecular weight excluding hydrogens is 348 g/mol. The van der Waals surface area contributed by atoms with Gasteiger partial charge in [0.05, 0.1) is 26.9 Å². The number of nitrogens with one attached hydrogen (secondary N) is 2. The van der Waals surface area contributed by atoms with Gasteiger partial charge >= 0.3 is 6.03 Å². The van der Waals surface area contributed by atoms with Crippen LogP contribution in [0.4, 0.5) is 10.5 Å². The Balaban J connectivity index is 1.76. The SMILES string of the molecule is COc1cccc(OCCNC(=O)Nc2ccc(OC(C)C)cc2)c1OC. The average Bonchev–Trinajstić information content (AvgIpc) is 2.66. The molecule has 27 heavy (non-hydrogen) atoms. The molecule has 2 aromatic rings. The van der Waals surface area contributed by atoms with Crippen LogP contribution >= 0.6 is 0 Å². The molecule has 0 atom stereocenters. The van der Waals surface area contributed by atoms with Crippen molar-refractivity contribution in [3.05, 3.63) is 42.5 Å². The van der Waals surface area contributed by atoms with Crippen LogP contribution in [0.1, 0.15) is 13.8 Å². The molecule has 0 spiro atoms. The van der Waals surface area contributed by atoms with E-state index in [1.165, 1.54) is 0 Å². The van der Waals surface area contributed by atoms with E-state index in [1.54, 1.807) is 38.5 Å². The number of carbonyl (C=O) groups excluding carboxylic acids is 1. The number of anilines is 1. The molecule has 0 fully saturated rings. The lowest BCUT2D eigenvalue weighted by Gasteiger charge is -2.14. The number of methoxy groups -OCH3 is 2. The quantitative estimate of drug-likeness (QED) is 0.655. The number of urea groups is 1. The first-order valence-electron chi connectivity index (χ1n) is 8.69. The molecule has 0 saturated heterocycles. The molecule has 0 heterocycles. The maximum Gasteiger partial charge on any atom is 0.319 e. The van der Waals surface area contributed by atoms with Gasteiger partial charge in [0.2, 0.25) is 5.75 Å². The summed E-state index contributed by atoms with van der Waals surface area (Å²) >= 11 is 0. The van der Waals surface area contributed by atoms with Crippen LogP contribution in [0.5, 0.6) is 23.0 Å². The maximum absolute atomic E-state index is 12.0. The van der Waals surface area contributed by atoms with Crippen molar-refractivity contribution >= 4 is 11.7 Å². The molecule has 0 unspecified atom stereocenters. The minimum absolute atomic E-state index is 0.107. The summed E-state index contributed by atoms with van der Waals surface area (Å²) in [6, 6.07) is 12.3. The molecule has 7 heteroatoms. The van der Waals surface area contributed by atoms with Gasteiger partial charge in [0, 0.05) is 5.69 Å². The summed E-state index contributed by atoms with van der Waals surface area (Å²) < 4.78 is 21.7. The minimum atomic E-state index is -0.311. The fourth-order valence-corrected chi connectivity index (χ4v) is 2.36. The normalized spacial score (nSPS) is 10.3. The summed E-state index contributed by atoms with van der Waals surface area (Å²) in [4.78, 5) is 12.0. The van der Waals surface area contributed by atoms with E-state index in [-0.39, 0.29) is 18.7 Å². The van der Waals surface area contributed by atoms with Crippen molar-refractivity contribution in [2.75, 3.05) is 32.7 Å². The van der Waals surface area contributed by atoms with E-state index >= 15 is 0 Å². The van der Waals surface area contributed by atoms with E-state index in [0.29, 0.717) is 29.5 Å². The van der Waals surface area contributed by atoms with Gasteiger partial charge in [-0.25, -0.2) is 4.79 Å². The molecule has 7 nitrogen and oxygen atoms in total. The third-order valence-corrected chi connectivity index (χ3v) is 3.50. The highest BCUT2D eigenvalue weighted by Gasteiger charge is 2.10. The smallest absolute Gasteiger partial charge is 0.319 e. The van der Waals surface area contributed by atoms with Crippen molar-refractivity contribution in [3.63, 3.8) is 0 Å². The van der Waals surface area contributed by atoms with Crippen molar-refractivity contribution in [3.8, 4) is 23.0 Å². The van der Waals surface area contributed by atoms with Crippen LogP contribution in [-0.2, 0) is 0 Å². The molecule has 2 N–H and O–H groups in total. The Morgan fingerprint density at radius 2 is 1.70 bits per heavy atom. The Kier molecular flexibility index (Phi) is 7.61. The molecule has 2 aromatic carbocycles. The van der Waals surface area contributed by atoms with Gasteiger partial charge in [0.15, 0.2) is 11.5 Å². The van der Waals surface area contributed by atoms with E-state index in [0.717, 1.165) is 5.75 Å². The van der Waals surface area contributed by atoms with E-state index < -0.39 is 0 Å². The Morgan fingerprint density at radius 3 is 2.33 bits per heavy atom. The number of rotatable bonds is 9. The van der Waals surface area contributed by atoms with E-state index in [1.807, 2.05) is 32.0 Å². The first-order valence-corrected chi connectivity index (χ1v) is 8.69. The third kappa shape index (κ3) is 6.29. The first kappa shape index (κ1) is 20.2. The molecule has 0 aliphatic heterocycles. The largest absolute Gasteiger partial charge is 0.493 e. The summed E-state index contributed by atoms with van der Waals surface area (Å²) in [5, 5.41) is 5.49. The van der Waals surface area contributed by atoms with Gasteiger partial charge in [0.1, 0.15) is 12.4 Å². The molecular formula is C20H26N2O5. The lowest BCUT2D eigenvalue weighted by molar-refractivity contribution is 0.242. The summed E-state index contributed by atoms with van der Waals surface area (Å²) in [5.41, 5.74) is 0.680. The number of benzene rings is 2. The molecule has 146 valence electrons. The van der Waals surface area contributed by atoms with Crippen LogP contribution in [0.3, 0.4) is 0 Å². The van der Waals surface area contributed by atoms with Gasteiger partial charge in [-0.15, -0.1) is 0 Å². The Hall–Kier alpha value is -3.09. The molecule has 0 aliphatic rings. The molecule has 0 radical (unpaired) electrons. The number of ether oxygens (including phenoxy) is 4. The van der Waals surface area contributed by atoms with Crippen LogP contribution < -0.4 is 29.6 Å². The minimum Gasteiger partial charge on any atom is -0.493 e. The van der Waals surface area contributed by atoms with Gasteiger partial charge in [-0.3, -0.25) is 0 Å². The lowest BCUT2D eigenvalue weighted by atomic mass is 10.3. The van der Waals surface area contributed by atoms with Crippen LogP contribution in [0.2, 0.25) is 0 Å². The standard InChI is InChI=1S/C20H26N2O5/c1-14(2)27-16-10-8-15(9-11-16)22-20(23)21-12-13-26-18-7-5-6-17(24-3)19(18)25-4/h5-11,14H,12-13H2,1-4H3,(H2,21,22,23). The van der Waals surface area contributed by atoms with Crippen molar-refractivity contribution in [1.82, 2.24) is 5.32 Å². The maximum atomic E-state index is 12.0. The fraction of sp³-hybridized carbons (Fsp3) is 0.350. The predicted octanol–water partition coefficient (Wildman–Crippen LogP) is 3.69. The molecule has 0 bridgehead atoms. The number of carbonyl (C=O) groups is 1. The predicted molar refractivity (Wildman–Crippen MR) is 104 cm³/mol. The summed E-state index contributed by atoms with van der Waals surface area (Å²) in [7, 11) is 3.11. The van der Waals surface area contributed by atoms with Gasteiger partial charge in [-0.05, 0) is 50.2 Å². The second-order valence-corrected chi connectivity index (χ2v) is 5.91. The van der Waals surface area contributed by atoms with E-state index in [9.17, 15) is 4.79 Å². The topological polar surface area (TPSA) is 78.1 Å². The first-order chi connectivity index (χ1) is 13.0. The van der Waals surface area contributed by atoms with Crippen molar-refractivity contribution in [2.24, 2.45) is 0 Å². The van der Waals surface area contributed by atoms with Crippen LogP contribution in [0.25, 0.3) is 0 Å². The third-order valence-electron chi connectivity index (χ3n) is 3.50. The highest BCUT2D eigenvalue weighted by molar-refractivity contribution is 5.89. The number of hydrogen-bond donors (Lipinski definition) is 2. The zero-order chi connectivity index (χ0) is 19.6. The average molecular weight is 374 g/mol. The number of hydrogen-bond acceptors (Lipinski definition) is 5. The van der Waals surface area contributed by atoms with Gasteiger partial charge in [0.25, 0.3) is 0 Å². The van der Waals surface area contributed by atoms with Gasteiger partial charge < -0.3 is 29.6 Å². The summed E-state index contributed by atoms with van der Waals surface area (Å²) in [5.74, 6) is 2.43. The molecule has 0 aromatic heterocycles. The highest BCUT2D eigenvalue weighted by atomic mass is 16.5. The fourth-order valence-electron chi connectivity index (χ4n) is 2.36. The number of para-hydroxylation sites is 1. The van der Waals surface area contributed by atoms with E-state index in [2.05, 4.69) is 10.6 Å². The second kappa shape index (κ2) is 10.2. The number of amides is 2. The monoisotopic (exact) mass is 374 g/mol. The van der Waals surface area contributed by atoms with Crippen LogP contribution in [-0.4, -0.2) is 39.5 Å². The van der Waals surface area contributed by atoms with Crippen molar-refractivity contribution in [1.29, 1.82) is 0 Å². The molecule has 2 rings (SSSR count). The Bertz CT molecular complexity index is 732. The Labute approximate surface area is 159 Å². The molecule has 0 saturated carbocycles. The summed E-state index contributed by atoms with van der Waals surface area (Å²) in [6.45, 7) is 4.55. The highest BCUT2D eigenvalue weighted by Crippen LogP contribution is 2.36. The zero-order valence-corrected chi connectivity index (χ0v) is 16.1. The van der Waals surface area contributed by atoms with Crippen LogP contribution in [0.15, 0.2) is 42.5 Å².